The van der Waals surface area contributed by atoms with Crippen molar-refractivity contribution < 1.29 is 14.6 Å². The molecule has 1 aromatic carbocycles. The van der Waals surface area contributed by atoms with E-state index in [4.69, 9.17) is 4.74 Å². The molecule has 0 amide bonds. The topological polar surface area (TPSA) is 46.5 Å². The summed E-state index contributed by atoms with van der Waals surface area (Å²) in [6.07, 6.45) is 5.70. The fourth-order valence-electron chi connectivity index (χ4n) is 3.72. The normalized spacial score (nSPS) is 24.9. The van der Waals surface area contributed by atoms with Gasteiger partial charge in [0.1, 0.15) is 0 Å². The van der Waals surface area contributed by atoms with Gasteiger partial charge in [-0.3, -0.25) is 4.79 Å². The van der Waals surface area contributed by atoms with Gasteiger partial charge >= 0.3 is 5.97 Å². The Kier molecular flexibility index (Phi) is 4.36. The molecular formula is C17H21BrO3. The zero-order chi connectivity index (χ0) is 14.9. The molecule has 1 aliphatic carbocycles. The highest BCUT2D eigenvalue weighted by atomic mass is 79.9. The van der Waals surface area contributed by atoms with Crippen molar-refractivity contribution in [3.63, 3.8) is 0 Å². The molecule has 1 aliphatic heterocycles. The molecule has 1 heterocycles. The third-order valence-corrected chi connectivity index (χ3v) is 5.73. The lowest BCUT2D eigenvalue weighted by Crippen LogP contribution is -2.37. The summed E-state index contributed by atoms with van der Waals surface area (Å²) in [7, 11) is 0. The van der Waals surface area contributed by atoms with Crippen LogP contribution >= 0.6 is 15.9 Å². The Morgan fingerprint density at radius 2 is 2.05 bits per heavy atom. The first-order chi connectivity index (χ1) is 10.1. The van der Waals surface area contributed by atoms with Gasteiger partial charge in [-0.15, -0.1) is 0 Å². The zero-order valence-electron chi connectivity index (χ0n) is 12.1. The Hall–Kier alpha value is -0.870. The van der Waals surface area contributed by atoms with E-state index < -0.39 is 11.4 Å². The maximum absolute atomic E-state index is 11.9. The lowest BCUT2D eigenvalue weighted by atomic mass is 9.69. The maximum Gasteiger partial charge on any atom is 0.314 e. The maximum atomic E-state index is 11.9. The molecule has 1 aromatic rings. The molecule has 1 atom stereocenters. The predicted molar refractivity (Wildman–Crippen MR) is 84.7 cm³/mol. The van der Waals surface area contributed by atoms with Gasteiger partial charge in [-0.1, -0.05) is 47.3 Å². The fraction of sp³-hybridized carbons (Fsp3) is 0.588. The minimum Gasteiger partial charge on any atom is -0.481 e. The number of carboxylic acids is 1. The van der Waals surface area contributed by atoms with E-state index in [1.165, 1.54) is 5.56 Å². The number of aliphatic carboxylic acids is 1. The summed E-state index contributed by atoms with van der Waals surface area (Å²) in [5, 5.41) is 9.78. The minimum absolute atomic E-state index is 0.431. The van der Waals surface area contributed by atoms with Crippen molar-refractivity contribution in [3.05, 3.63) is 33.8 Å². The number of halogens is 1. The van der Waals surface area contributed by atoms with E-state index in [9.17, 15) is 9.90 Å². The van der Waals surface area contributed by atoms with E-state index in [2.05, 4.69) is 22.0 Å². The minimum atomic E-state index is -0.689. The van der Waals surface area contributed by atoms with Gasteiger partial charge in [-0.2, -0.15) is 0 Å². The molecule has 21 heavy (non-hydrogen) atoms. The third kappa shape index (κ3) is 2.76. The highest BCUT2D eigenvalue weighted by Gasteiger charge is 2.41. The molecule has 3 rings (SSSR count). The van der Waals surface area contributed by atoms with Crippen LogP contribution in [0.4, 0.5) is 0 Å². The predicted octanol–water partition coefficient (Wildman–Crippen LogP) is 4.24. The Balaban J connectivity index is 1.94. The van der Waals surface area contributed by atoms with Crippen LogP contribution in [-0.4, -0.2) is 24.3 Å². The van der Waals surface area contributed by atoms with Gasteiger partial charge in [-0.25, -0.2) is 0 Å². The molecule has 0 aromatic heterocycles. The first-order valence-corrected chi connectivity index (χ1v) is 8.54. The van der Waals surface area contributed by atoms with Crippen molar-refractivity contribution in [2.24, 2.45) is 0 Å². The largest absolute Gasteiger partial charge is 0.481 e. The van der Waals surface area contributed by atoms with E-state index in [1.54, 1.807) is 0 Å². The molecule has 2 aliphatic rings. The van der Waals surface area contributed by atoms with Crippen LogP contribution in [0, 0.1) is 0 Å². The van der Waals surface area contributed by atoms with Gasteiger partial charge in [0.05, 0.1) is 12.0 Å². The van der Waals surface area contributed by atoms with Crippen LogP contribution < -0.4 is 0 Å². The second-order valence-electron chi connectivity index (χ2n) is 6.24. The van der Waals surface area contributed by atoms with E-state index >= 15 is 0 Å². The molecule has 2 fully saturated rings. The molecular weight excluding hydrogens is 332 g/mol. The second kappa shape index (κ2) is 6.09. The van der Waals surface area contributed by atoms with Gasteiger partial charge in [0.15, 0.2) is 0 Å². The van der Waals surface area contributed by atoms with Crippen molar-refractivity contribution in [1.29, 1.82) is 0 Å². The van der Waals surface area contributed by atoms with E-state index in [0.29, 0.717) is 5.92 Å². The monoisotopic (exact) mass is 352 g/mol. The Bertz CT molecular complexity index is 529. The van der Waals surface area contributed by atoms with Crippen LogP contribution in [0.5, 0.6) is 0 Å². The number of ether oxygens (including phenoxy) is 1. The van der Waals surface area contributed by atoms with Gasteiger partial charge in [0, 0.05) is 17.0 Å². The van der Waals surface area contributed by atoms with Crippen LogP contribution in [0.2, 0.25) is 0 Å². The fourth-order valence-corrected chi connectivity index (χ4v) is 4.42. The summed E-state index contributed by atoms with van der Waals surface area (Å²) < 4.78 is 6.49. The van der Waals surface area contributed by atoms with Crippen molar-refractivity contribution in [1.82, 2.24) is 0 Å². The lowest BCUT2D eigenvalue weighted by molar-refractivity contribution is -0.145. The van der Waals surface area contributed by atoms with Gasteiger partial charge in [-0.05, 0) is 36.5 Å². The van der Waals surface area contributed by atoms with Gasteiger partial charge < -0.3 is 9.84 Å². The standard InChI is InChI=1S/C17H21BrO3/c18-15-10-13(4-5-14(15)12-6-9-21-11-12)17(16(19)20)7-2-1-3-8-17/h4-5,10,12H,1-3,6-9,11H2,(H,19,20). The average Bonchev–Trinajstić information content (AvgIpc) is 3.01. The van der Waals surface area contributed by atoms with Gasteiger partial charge in [0.2, 0.25) is 0 Å². The van der Waals surface area contributed by atoms with Crippen molar-refractivity contribution in [2.75, 3.05) is 13.2 Å². The van der Waals surface area contributed by atoms with Crippen LogP contribution in [0.1, 0.15) is 55.6 Å². The molecule has 0 radical (unpaired) electrons. The number of rotatable bonds is 3. The van der Waals surface area contributed by atoms with Crippen LogP contribution in [0.3, 0.4) is 0 Å². The van der Waals surface area contributed by atoms with E-state index in [-0.39, 0.29) is 0 Å². The van der Waals surface area contributed by atoms with Crippen molar-refractivity contribution >= 4 is 21.9 Å². The first-order valence-electron chi connectivity index (χ1n) is 7.74. The van der Waals surface area contributed by atoms with Crippen LogP contribution in [0.25, 0.3) is 0 Å². The lowest BCUT2D eigenvalue weighted by Gasteiger charge is -2.34. The smallest absolute Gasteiger partial charge is 0.314 e. The number of carboxylic acid groups (broad SMARTS) is 1. The number of benzene rings is 1. The molecule has 4 heteroatoms. The molecule has 114 valence electrons. The Labute approximate surface area is 133 Å². The summed E-state index contributed by atoms with van der Waals surface area (Å²) in [6, 6.07) is 6.16. The average molecular weight is 353 g/mol. The molecule has 0 bridgehead atoms. The third-order valence-electron chi connectivity index (χ3n) is 5.04. The summed E-state index contributed by atoms with van der Waals surface area (Å²) in [5.74, 6) is -0.244. The van der Waals surface area contributed by atoms with E-state index in [0.717, 1.165) is 61.8 Å². The highest BCUT2D eigenvalue weighted by Crippen LogP contribution is 2.42. The van der Waals surface area contributed by atoms with Crippen LogP contribution in [0.15, 0.2) is 22.7 Å². The SMILES string of the molecule is O=C(O)C1(c2ccc(C3CCOC3)c(Br)c2)CCCCC1. The Morgan fingerprint density at radius 1 is 1.29 bits per heavy atom. The molecule has 1 N–H and O–H groups in total. The van der Waals surface area contributed by atoms with Crippen molar-refractivity contribution in [3.8, 4) is 0 Å². The van der Waals surface area contributed by atoms with Crippen molar-refractivity contribution in [2.45, 2.75) is 49.9 Å². The number of carbonyl (C=O) groups is 1. The molecule has 0 spiro atoms. The molecule has 1 unspecified atom stereocenters. The summed E-state index contributed by atoms with van der Waals surface area (Å²) >= 11 is 3.65. The number of hydrogen-bond donors (Lipinski definition) is 1. The summed E-state index contributed by atoms with van der Waals surface area (Å²) in [6.45, 7) is 1.58. The van der Waals surface area contributed by atoms with Crippen LogP contribution in [-0.2, 0) is 14.9 Å². The molecule has 3 nitrogen and oxygen atoms in total. The Morgan fingerprint density at radius 3 is 2.62 bits per heavy atom. The molecule has 1 saturated heterocycles. The summed E-state index contributed by atoms with van der Waals surface area (Å²) in [4.78, 5) is 11.9. The van der Waals surface area contributed by atoms with Gasteiger partial charge in [0.25, 0.3) is 0 Å². The number of hydrogen-bond acceptors (Lipinski definition) is 2. The summed E-state index contributed by atoms with van der Waals surface area (Å²) in [5.41, 5.74) is 1.50. The first kappa shape index (κ1) is 15.0. The highest BCUT2D eigenvalue weighted by molar-refractivity contribution is 9.10. The molecule has 1 saturated carbocycles. The second-order valence-corrected chi connectivity index (χ2v) is 7.10. The van der Waals surface area contributed by atoms with E-state index in [1.807, 2.05) is 12.1 Å². The quantitative estimate of drug-likeness (QED) is 0.884. The zero-order valence-corrected chi connectivity index (χ0v) is 13.7.